The number of pyridine rings is 1. The Morgan fingerprint density at radius 3 is 3.29 bits per heavy atom. The van der Waals surface area contributed by atoms with Crippen molar-refractivity contribution in [2.75, 3.05) is 18.1 Å². The summed E-state index contributed by atoms with van der Waals surface area (Å²) >= 11 is 1.91. The van der Waals surface area contributed by atoms with Crippen molar-refractivity contribution in [2.45, 2.75) is 19.0 Å². The fourth-order valence-electron chi connectivity index (χ4n) is 1.75. The van der Waals surface area contributed by atoms with Crippen LogP contribution in [0.1, 0.15) is 12.0 Å². The largest absolute Gasteiger partial charge is 0.352 e. The van der Waals surface area contributed by atoms with Crippen LogP contribution in [0.4, 0.5) is 0 Å². The molecule has 5 heteroatoms. The first-order valence-electron chi connectivity index (χ1n) is 5.81. The Balaban J connectivity index is 1.70. The highest BCUT2D eigenvalue weighted by molar-refractivity contribution is 7.99. The molecule has 1 aliphatic heterocycles. The van der Waals surface area contributed by atoms with Crippen molar-refractivity contribution in [1.82, 2.24) is 15.6 Å². The lowest BCUT2D eigenvalue weighted by atomic mass is 10.2. The van der Waals surface area contributed by atoms with Gasteiger partial charge in [-0.3, -0.25) is 9.78 Å². The number of nitrogens with one attached hydrogen (secondary N) is 2. The second-order valence-electron chi connectivity index (χ2n) is 4.07. The van der Waals surface area contributed by atoms with Crippen molar-refractivity contribution in [3.8, 4) is 0 Å². The third-order valence-electron chi connectivity index (χ3n) is 2.64. The van der Waals surface area contributed by atoms with E-state index in [1.54, 1.807) is 12.4 Å². The van der Waals surface area contributed by atoms with Gasteiger partial charge in [-0.1, -0.05) is 6.07 Å². The number of thioether (sulfide) groups is 1. The van der Waals surface area contributed by atoms with Crippen LogP contribution in [0.3, 0.4) is 0 Å². The van der Waals surface area contributed by atoms with Gasteiger partial charge in [0.1, 0.15) is 0 Å². The maximum absolute atomic E-state index is 11.7. The summed E-state index contributed by atoms with van der Waals surface area (Å²) in [6, 6.07) is 4.16. The van der Waals surface area contributed by atoms with E-state index >= 15 is 0 Å². The number of carbonyl (C=O) groups excluding carboxylic acids is 1. The molecule has 0 radical (unpaired) electrons. The first kappa shape index (κ1) is 12.4. The van der Waals surface area contributed by atoms with Gasteiger partial charge in [0.15, 0.2) is 0 Å². The molecule has 0 saturated carbocycles. The van der Waals surface area contributed by atoms with Crippen molar-refractivity contribution >= 4 is 17.7 Å². The van der Waals surface area contributed by atoms with Gasteiger partial charge in [-0.05, 0) is 11.6 Å². The van der Waals surface area contributed by atoms with E-state index in [0.717, 1.165) is 23.6 Å². The normalized spacial score (nSPS) is 19.9. The molecule has 1 atom stereocenters. The predicted octanol–water partition coefficient (Wildman–Crippen LogP) is 0.793. The zero-order valence-corrected chi connectivity index (χ0v) is 10.5. The second-order valence-corrected chi connectivity index (χ2v) is 5.22. The highest BCUT2D eigenvalue weighted by Crippen LogP contribution is 2.10. The van der Waals surface area contributed by atoms with Gasteiger partial charge in [0.05, 0.1) is 0 Å². The van der Waals surface area contributed by atoms with Crippen LogP contribution < -0.4 is 10.6 Å². The highest BCUT2D eigenvalue weighted by atomic mass is 32.2. The van der Waals surface area contributed by atoms with Crippen LogP contribution in [-0.2, 0) is 11.3 Å². The van der Waals surface area contributed by atoms with Crippen LogP contribution in [0.2, 0.25) is 0 Å². The third kappa shape index (κ3) is 4.36. The zero-order chi connectivity index (χ0) is 11.9. The zero-order valence-electron chi connectivity index (χ0n) is 9.69. The van der Waals surface area contributed by atoms with Gasteiger partial charge < -0.3 is 10.6 Å². The Kier molecular flexibility index (Phi) is 4.82. The third-order valence-corrected chi connectivity index (χ3v) is 3.77. The molecule has 92 valence electrons. The monoisotopic (exact) mass is 251 g/mol. The molecule has 4 nitrogen and oxygen atoms in total. The maximum Gasteiger partial charge on any atom is 0.221 e. The van der Waals surface area contributed by atoms with E-state index in [-0.39, 0.29) is 5.91 Å². The number of hydrogen-bond acceptors (Lipinski definition) is 4. The van der Waals surface area contributed by atoms with Crippen LogP contribution in [0.5, 0.6) is 0 Å². The molecule has 2 N–H and O–H groups in total. The first-order chi connectivity index (χ1) is 8.34. The SMILES string of the molecule is O=C(CC1CSCCN1)NCc1cccnc1. The molecule has 0 bridgehead atoms. The van der Waals surface area contributed by atoms with Gasteiger partial charge in [0.25, 0.3) is 0 Å². The topological polar surface area (TPSA) is 54.0 Å². The van der Waals surface area contributed by atoms with E-state index in [9.17, 15) is 4.79 Å². The predicted molar refractivity (Wildman–Crippen MR) is 69.8 cm³/mol. The summed E-state index contributed by atoms with van der Waals surface area (Å²) in [5.41, 5.74) is 1.03. The molecule has 0 spiro atoms. The minimum Gasteiger partial charge on any atom is -0.352 e. The fourth-order valence-corrected chi connectivity index (χ4v) is 2.70. The molecule has 1 saturated heterocycles. The number of rotatable bonds is 4. The summed E-state index contributed by atoms with van der Waals surface area (Å²) in [7, 11) is 0. The van der Waals surface area contributed by atoms with E-state index < -0.39 is 0 Å². The lowest BCUT2D eigenvalue weighted by molar-refractivity contribution is -0.121. The lowest BCUT2D eigenvalue weighted by Crippen LogP contribution is -2.41. The number of hydrogen-bond donors (Lipinski definition) is 2. The standard InChI is InChI=1S/C12H17N3OS/c16-12(6-11-9-17-5-4-14-11)15-8-10-2-1-3-13-7-10/h1-3,7,11,14H,4-6,8-9H2,(H,15,16). The molecule has 1 aliphatic rings. The van der Waals surface area contributed by atoms with Gasteiger partial charge in [-0.25, -0.2) is 0 Å². The highest BCUT2D eigenvalue weighted by Gasteiger charge is 2.16. The Morgan fingerprint density at radius 1 is 1.65 bits per heavy atom. The van der Waals surface area contributed by atoms with Gasteiger partial charge in [0.2, 0.25) is 5.91 Å². The molecule has 1 fully saturated rings. The molecule has 2 heterocycles. The Labute approximate surface area is 106 Å². The average Bonchev–Trinajstić information content (AvgIpc) is 2.39. The molecule has 1 aromatic heterocycles. The fraction of sp³-hybridized carbons (Fsp3) is 0.500. The van der Waals surface area contributed by atoms with Crippen molar-refractivity contribution in [3.63, 3.8) is 0 Å². The summed E-state index contributed by atoms with van der Waals surface area (Å²) < 4.78 is 0. The van der Waals surface area contributed by atoms with Crippen molar-refractivity contribution in [3.05, 3.63) is 30.1 Å². The Bertz CT molecular complexity index is 352. The van der Waals surface area contributed by atoms with E-state index in [1.807, 2.05) is 23.9 Å². The molecular formula is C12H17N3OS. The number of carbonyl (C=O) groups is 1. The lowest BCUT2D eigenvalue weighted by Gasteiger charge is -2.22. The van der Waals surface area contributed by atoms with Crippen LogP contribution in [0, 0.1) is 0 Å². The van der Waals surface area contributed by atoms with Crippen LogP contribution >= 0.6 is 11.8 Å². The van der Waals surface area contributed by atoms with Crippen molar-refractivity contribution < 1.29 is 4.79 Å². The molecule has 0 aliphatic carbocycles. The van der Waals surface area contributed by atoms with Crippen LogP contribution in [0.25, 0.3) is 0 Å². The number of nitrogens with zero attached hydrogens (tertiary/aromatic N) is 1. The molecular weight excluding hydrogens is 234 g/mol. The summed E-state index contributed by atoms with van der Waals surface area (Å²) in [4.78, 5) is 15.7. The van der Waals surface area contributed by atoms with E-state index in [2.05, 4.69) is 15.6 Å². The Hall–Kier alpha value is -1.07. The minimum absolute atomic E-state index is 0.105. The molecule has 0 aromatic carbocycles. The molecule has 2 rings (SSSR count). The maximum atomic E-state index is 11.7. The number of amides is 1. The number of aromatic nitrogens is 1. The van der Waals surface area contributed by atoms with Crippen LogP contribution in [0.15, 0.2) is 24.5 Å². The molecule has 1 unspecified atom stereocenters. The van der Waals surface area contributed by atoms with Crippen molar-refractivity contribution in [2.24, 2.45) is 0 Å². The summed E-state index contributed by atoms with van der Waals surface area (Å²) in [6.45, 7) is 1.57. The minimum atomic E-state index is 0.105. The summed E-state index contributed by atoms with van der Waals surface area (Å²) in [5, 5.41) is 6.27. The van der Waals surface area contributed by atoms with Gasteiger partial charge in [-0.2, -0.15) is 11.8 Å². The second kappa shape index (κ2) is 6.61. The first-order valence-corrected chi connectivity index (χ1v) is 6.97. The summed E-state index contributed by atoms with van der Waals surface area (Å²) in [6.07, 6.45) is 4.07. The van der Waals surface area contributed by atoms with Gasteiger partial charge in [-0.15, -0.1) is 0 Å². The quantitative estimate of drug-likeness (QED) is 0.831. The molecule has 1 amide bonds. The van der Waals surface area contributed by atoms with Crippen LogP contribution in [-0.4, -0.2) is 35.0 Å². The van der Waals surface area contributed by atoms with E-state index in [1.165, 1.54) is 0 Å². The Morgan fingerprint density at radius 2 is 2.59 bits per heavy atom. The smallest absolute Gasteiger partial charge is 0.221 e. The van der Waals surface area contributed by atoms with E-state index in [4.69, 9.17) is 0 Å². The molecule has 17 heavy (non-hydrogen) atoms. The average molecular weight is 251 g/mol. The van der Waals surface area contributed by atoms with Gasteiger partial charge >= 0.3 is 0 Å². The van der Waals surface area contributed by atoms with Crippen molar-refractivity contribution in [1.29, 1.82) is 0 Å². The summed E-state index contributed by atoms with van der Waals surface area (Å²) in [5.74, 6) is 2.28. The molecule has 1 aromatic rings. The van der Waals surface area contributed by atoms with Gasteiger partial charge in [0, 0.05) is 49.5 Å². The van der Waals surface area contributed by atoms with E-state index in [0.29, 0.717) is 19.0 Å².